The lowest BCUT2D eigenvalue weighted by Crippen LogP contribution is -2.22. The van der Waals surface area contributed by atoms with E-state index in [4.69, 9.17) is 4.74 Å². The molecule has 0 saturated heterocycles. The van der Waals surface area contributed by atoms with E-state index in [0.29, 0.717) is 5.75 Å². The summed E-state index contributed by atoms with van der Waals surface area (Å²) in [5.41, 5.74) is 4.15. The number of halogens is 1. The second kappa shape index (κ2) is 7.09. The lowest BCUT2D eigenvalue weighted by atomic mass is 10.1. The molecule has 0 aliphatic carbocycles. The van der Waals surface area contributed by atoms with Crippen molar-refractivity contribution in [3.8, 4) is 5.75 Å². The Balaban J connectivity index is 2.10. The summed E-state index contributed by atoms with van der Waals surface area (Å²) < 4.78 is 7.94. The number of hydrogen-bond acceptors (Lipinski definition) is 3. The first kappa shape index (κ1) is 16.7. The van der Waals surface area contributed by atoms with E-state index in [0.717, 1.165) is 34.3 Å². The SMILES string of the molecule is CCc1ccc(OCC(=O)n2nc(C)c(CC)c2C)c(Br)c1. The smallest absolute Gasteiger partial charge is 0.284 e. The zero-order valence-electron chi connectivity index (χ0n) is 13.4. The molecule has 2 aromatic rings. The molecule has 0 bridgehead atoms. The molecule has 4 nitrogen and oxygen atoms in total. The Hall–Kier alpha value is -1.62. The minimum absolute atomic E-state index is 0.0326. The number of ether oxygens (including phenoxy) is 1. The van der Waals surface area contributed by atoms with Crippen LogP contribution >= 0.6 is 15.9 Å². The maximum atomic E-state index is 12.3. The van der Waals surface area contributed by atoms with Gasteiger partial charge in [0.2, 0.25) is 0 Å². The zero-order chi connectivity index (χ0) is 16.3. The van der Waals surface area contributed by atoms with Gasteiger partial charge in [0.05, 0.1) is 10.2 Å². The molecule has 0 unspecified atom stereocenters. The van der Waals surface area contributed by atoms with Crippen molar-refractivity contribution in [3.05, 3.63) is 45.2 Å². The summed E-state index contributed by atoms with van der Waals surface area (Å²) in [7, 11) is 0. The molecule has 0 radical (unpaired) electrons. The zero-order valence-corrected chi connectivity index (χ0v) is 15.0. The first-order valence-electron chi connectivity index (χ1n) is 7.47. The number of hydrogen-bond donors (Lipinski definition) is 0. The number of carbonyl (C=O) groups is 1. The van der Waals surface area contributed by atoms with E-state index in [1.165, 1.54) is 10.2 Å². The van der Waals surface area contributed by atoms with Gasteiger partial charge in [0.1, 0.15) is 5.75 Å². The summed E-state index contributed by atoms with van der Waals surface area (Å²) in [6, 6.07) is 5.90. The van der Waals surface area contributed by atoms with E-state index >= 15 is 0 Å². The summed E-state index contributed by atoms with van der Waals surface area (Å²) >= 11 is 3.48. The van der Waals surface area contributed by atoms with Crippen LogP contribution in [0.2, 0.25) is 0 Å². The van der Waals surface area contributed by atoms with Crippen molar-refractivity contribution in [1.82, 2.24) is 9.78 Å². The van der Waals surface area contributed by atoms with Crippen molar-refractivity contribution in [2.24, 2.45) is 0 Å². The lowest BCUT2D eigenvalue weighted by molar-refractivity contribution is 0.0817. The van der Waals surface area contributed by atoms with Gasteiger partial charge in [-0.15, -0.1) is 0 Å². The molecule has 0 atom stereocenters. The molecule has 22 heavy (non-hydrogen) atoms. The Bertz CT molecular complexity index is 692. The highest BCUT2D eigenvalue weighted by Crippen LogP contribution is 2.26. The van der Waals surface area contributed by atoms with Crippen LogP contribution in [0.5, 0.6) is 5.75 Å². The fourth-order valence-electron chi connectivity index (χ4n) is 2.51. The molecule has 0 N–H and O–H groups in total. The third-order valence-corrected chi connectivity index (χ3v) is 4.41. The standard InChI is InChI=1S/C17H21BrN2O2/c1-5-13-7-8-16(15(18)9-13)22-10-17(21)20-12(4)14(6-2)11(3)19-20/h7-9H,5-6,10H2,1-4H3. The highest BCUT2D eigenvalue weighted by molar-refractivity contribution is 9.10. The van der Waals surface area contributed by atoms with E-state index in [9.17, 15) is 4.79 Å². The van der Waals surface area contributed by atoms with Gasteiger partial charge in [0, 0.05) is 5.69 Å². The number of nitrogens with zero attached hydrogens (tertiary/aromatic N) is 2. The van der Waals surface area contributed by atoms with Crippen LogP contribution in [0, 0.1) is 13.8 Å². The van der Waals surface area contributed by atoms with Crippen molar-refractivity contribution < 1.29 is 9.53 Å². The fourth-order valence-corrected chi connectivity index (χ4v) is 3.05. The molecular weight excluding hydrogens is 344 g/mol. The molecule has 2 rings (SSSR count). The highest BCUT2D eigenvalue weighted by Gasteiger charge is 2.16. The quantitative estimate of drug-likeness (QED) is 0.801. The summed E-state index contributed by atoms with van der Waals surface area (Å²) in [5, 5.41) is 4.32. The van der Waals surface area contributed by atoms with E-state index < -0.39 is 0 Å². The monoisotopic (exact) mass is 364 g/mol. The van der Waals surface area contributed by atoms with Gasteiger partial charge in [-0.3, -0.25) is 4.79 Å². The summed E-state index contributed by atoms with van der Waals surface area (Å²) in [5.74, 6) is 0.509. The van der Waals surface area contributed by atoms with Crippen LogP contribution in [0.4, 0.5) is 0 Å². The van der Waals surface area contributed by atoms with Crippen LogP contribution in [-0.4, -0.2) is 22.3 Å². The van der Waals surface area contributed by atoms with Gasteiger partial charge in [-0.2, -0.15) is 5.10 Å². The van der Waals surface area contributed by atoms with Gasteiger partial charge in [-0.1, -0.05) is 19.9 Å². The highest BCUT2D eigenvalue weighted by atomic mass is 79.9. The maximum Gasteiger partial charge on any atom is 0.284 e. The molecule has 1 aromatic heterocycles. The van der Waals surface area contributed by atoms with Crippen LogP contribution in [0.3, 0.4) is 0 Å². The first-order chi connectivity index (χ1) is 10.5. The van der Waals surface area contributed by atoms with Gasteiger partial charge in [-0.25, -0.2) is 4.68 Å². The fraction of sp³-hybridized carbons (Fsp3) is 0.412. The maximum absolute atomic E-state index is 12.3. The van der Waals surface area contributed by atoms with Crippen molar-refractivity contribution in [2.45, 2.75) is 40.5 Å². The average Bonchev–Trinajstić information content (AvgIpc) is 2.79. The first-order valence-corrected chi connectivity index (χ1v) is 8.26. The third kappa shape index (κ3) is 3.40. The van der Waals surface area contributed by atoms with Crippen molar-refractivity contribution in [3.63, 3.8) is 0 Å². The lowest BCUT2D eigenvalue weighted by Gasteiger charge is -2.09. The Morgan fingerprint density at radius 1 is 1.27 bits per heavy atom. The van der Waals surface area contributed by atoms with Gasteiger partial charge < -0.3 is 4.74 Å². The Morgan fingerprint density at radius 2 is 2.00 bits per heavy atom. The van der Waals surface area contributed by atoms with Gasteiger partial charge in [-0.05, 0) is 65.9 Å². The molecular formula is C17H21BrN2O2. The largest absolute Gasteiger partial charge is 0.483 e. The number of carbonyl (C=O) groups excluding carboxylic acids is 1. The molecule has 0 aliphatic heterocycles. The number of benzene rings is 1. The summed E-state index contributed by atoms with van der Waals surface area (Å²) in [4.78, 5) is 12.3. The molecule has 0 aliphatic rings. The van der Waals surface area contributed by atoms with E-state index in [1.807, 2.05) is 32.0 Å². The van der Waals surface area contributed by atoms with Crippen molar-refractivity contribution >= 4 is 21.8 Å². The molecule has 0 amide bonds. The summed E-state index contributed by atoms with van der Waals surface area (Å²) in [6.07, 6.45) is 1.83. The molecule has 0 fully saturated rings. The van der Waals surface area contributed by atoms with Crippen LogP contribution in [0.15, 0.2) is 22.7 Å². The van der Waals surface area contributed by atoms with Gasteiger partial charge >= 0.3 is 0 Å². The second-order valence-corrected chi connectivity index (χ2v) is 6.07. The molecule has 1 aromatic carbocycles. The molecule has 0 saturated carbocycles. The Kier molecular flexibility index (Phi) is 5.40. The van der Waals surface area contributed by atoms with Crippen LogP contribution < -0.4 is 4.74 Å². The van der Waals surface area contributed by atoms with Gasteiger partial charge in [0.15, 0.2) is 6.61 Å². The third-order valence-electron chi connectivity index (χ3n) is 3.79. The number of aromatic nitrogens is 2. The predicted molar refractivity (Wildman–Crippen MR) is 90.7 cm³/mol. The molecule has 1 heterocycles. The topological polar surface area (TPSA) is 44.1 Å². The van der Waals surface area contributed by atoms with E-state index in [2.05, 4.69) is 34.9 Å². The Morgan fingerprint density at radius 3 is 2.55 bits per heavy atom. The van der Waals surface area contributed by atoms with Crippen LogP contribution in [0.1, 0.15) is 41.2 Å². The average molecular weight is 365 g/mol. The van der Waals surface area contributed by atoms with Crippen molar-refractivity contribution in [1.29, 1.82) is 0 Å². The minimum atomic E-state index is -0.160. The Labute approximate surface area is 139 Å². The molecule has 118 valence electrons. The minimum Gasteiger partial charge on any atom is -0.483 e. The normalized spacial score (nSPS) is 10.8. The molecule has 5 heteroatoms. The van der Waals surface area contributed by atoms with E-state index in [1.54, 1.807) is 0 Å². The van der Waals surface area contributed by atoms with E-state index in [-0.39, 0.29) is 12.5 Å². The molecule has 0 spiro atoms. The van der Waals surface area contributed by atoms with Crippen molar-refractivity contribution in [2.75, 3.05) is 6.61 Å². The number of aryl methyl sites for hydroxylation is 2. The van der Waals surface area contributed by atoms with Crippen LogP contribution in [0.25, 0.3) is 0 Å². The van der Waals surface area contributed by atoms with Gasteiger partial charge in [0.25, 0.3) is 5.91 Å². The van der Waals surface area contributed by atoms with Crippen LogP contribution in [-0.2, 0) is 12.8 Å². The predicted octanol–water partition coefficient (Wildman–Crippen LogP) is 4.11. The second-order valence-electron chi connectivity index (χ2n) is 5.22. The summed E-state index contributed by atoms with van der Waals surface area (Å²) in [6.45, 7) is 7.98. The number of rotatable bonds is 5.